The van der Waals surface area contributed by atoms with Gasteiger partial charge in [0.2, 0.25) is 0 Å². The maximum Gasteiger partial charge on any atom is 0.151 e. The molecule has 3 nitrogen and oxygen atoms in total. The lowest BCUT2D eigenvalue weighted by atomic mass is 10.0. The minimum atomic E-state index is 0.631. The molecule has 0 saturated heterocycles. The second-order valence-electron chi connectivity index (χ2n) is 4.91. The molecule has 1 aliphatic rings. The molecule has 1 aromatic carbocycles. The average Bonchev–Trinajstić information content (AvgIpc) is 2.46. The number of aldehydes is 1. The van der Waals surface area contributed by atoms with Gasteiger partial charge in [-0.2, -0.15) is 0 Å². The molecular formula is C16H16N2O. The summed E-state index contributed by atoms with van der Waals surface area (Å²) in [6.45, 7) is 2.98. The number of aromatic nitrogens is 1. The molecule has 96 valence electrons. The summed E-state index contributed by atoms with van der Waals surface area (Å²) in [5, 5.41) is 0. The van der Waals surface area contributed by atoms with Crippen molar-refractivity contribution in [3.63, 3.8) is 0 Å². The molecule has 19 heavy (non-hydrogen) atoms. The lowest BCUT2D eigenvalue weighted by molar-refractivity contribution is 0.112. The highest BCUT2D eigenvalue weighted by Gasteiger charge is 2.20. The summed E-state index contributed by atoms with van der Waals surface area (Å²) in [5.74, 6) is 0.956. The van der Waals surface area contributed by atoms with Crippen molar-refractivity contribution in [3.8, 4) is 0 Å². The van der Waals surface area contributed by atoms with Gasteiger partial charge in [0.05, 0.1) is 0 Å². The van der Waals surface area contributed by atoms with Gasteiger partial charge in [0, 0.05) is 24.0 Å². The fourth-order valence-electron chi connectivity index (χ4n) is 2.69. The van der Waals surface area contributed by atoms with Gasteiger partial charge >= 0.3 is 0 Å². The number of anilines is 2. The molecule has 0 N–H and O–H groups in total. The summed E-state index contributed by atoms with van der Waals surface area (Å²) < 4.78 is 0. The molecule has 0 amide bonds. The van der Waals surface area contributed by atoms with E-state index >= 15 is 0 Å². The van der Waals surface area contributed by atoms with E-state index < -0.39 is 0 Å². The number of pyridine rings is 1. The molecule has 3 rings (SSSR count). The van der Waals surface area contributed by atoms with Crippen LogP contribution in [-0.4, -0.2) is 17.8 Å². The molecule has 0 saturated carbocycles. The van der Waals surface area contributed by atoms with Crippen LogP contribution in [0.5, 0.6) is 0 Å². The largest absolute Gasteiger partial charge is 0.326 e. The number of para-hydroxylation sites is 1. The third kappa shape index (κ3) is 2.12. The van der Waals surface area contributed by atoms with Gasteiger partial charge in [0.1, 0.15) is 5.82 Å². The van der Waals surface area contributed by atoms with Crippen LogP contribution in [0.3, 0.4) is 0 Å². The Labute approximate surface area is 112 Å². The van der Waals surface area contributed by atoms with Crippen LogP contribution >= 0.6 is 0 Å². The minimum Gasteiger partial charge on any atom is -0.326 e. The maximum atomic E-state index is 10.8. The predicted molar refractivity (Wildman–Crippen MR) is 76.1 cm³/mol. The molecular weight excluding hydrogens is 236 g/mol. The Bertz CT molecular complexity index is 622. The highest BCUT2D eigenvalue weighted by atomic mass is 16.1. The third-order valence-corrected chi connectivity index (χ3v) is 3.57. The number of fused-ring (bicyclic) bond motifs is 1. The lowest BCUT2D eigenvalue weighted by Crippen LogP contribution is -2.26. The van der Waals surface area contributed by atoms with Crippen molar-refractivity contribution in [3.05, 3.63) is 53.2 Å². The monoisotopic (exact) mass is 252 g/mol. The molecule has 1 aromatic heterocycles. The zero-order valence-electron chi connectivity index (χ0n) is 11.0. The highest BCUT2D eigenvalue weighted by molar-refractivity contribution is 5.76. The van der Waals surface area contributed by atoms with Crippen molar-refractivity contribution in [2.75, 3.05) is 11.4 Å². The van der Waals surface area contributed by atoms with Crippen molar-refractivity contribution in [2.45, 2.75) is 19.8 Å². The Morgan fingerprint density at radius 3 is 2.95 bits per heavy atom. The number of carbonyl (C=O) groups is 1. The number of rotatable bonds is 2. The smallest absolute Gasteiger partial charge is 0.151 e. The third-order valence-electron chi connectivity index (χ3n) is 3.57. The van der Waals surface area contributed by atoms with E-state index in [2.05, 4.69) is 34.1 Å². The van der Waals surface area contributed by atoms with E-state index in [4.69, 9.17) is 0 Å². The zero-order valence-corrected chi connectivity index (χ0v) is 11.0. The van der Waals surface area contributed by atoms with Crippen molar-refractivity contribution in [2.24, 2.45) is 0 Å². The van der Waals surface area contributed by atoms with Gasteiger partial charge in [0.15, 0.2) is 6.29 Å². The Kier molecular flexibility index (Phi) is 3.03. The first-order valence-corrected chi connectivity index (χ1v) is 6.57. The van der Waals surface area contributed by atoms with E-state index in [1.165, 1.54) is 11.3 Å². The first-order valence-electron chi connectivity index (χ1n) is 6.57. The van der Waals surface area contributed by atoms with Crippen molar-refractivity contribution < 1.29 is 4.79 Å². The van der Waals surface area contributed by atoms with Crippen LogP contribution in [0.4, 0.5) is 11.5 Å². The molecule has 0 spiro atoms. The molecule has 0 fully saturated rings. The van der Waals surface area contributed by atoms with Gasteiger partial charge in [-0.3, -0.25) is 4.79 Å². The first-order chi connectivity index (χ1) is 9.29. The maximum absolute atomic E-state index is 10.8. The highest BCUT2D eigenvalue weighted by Crippen LogP contribution is 2.33. The van der Waals surface area contributed by atoms with Gasteiger partial charge < -0.3 is 4.90 Å². The normalized spacial score (nSPS) is 14.1. The summed E-state index contributed by atoms with van der Waals surface area (Å²) in [7, 11) is 0. The fraction of sp³-hybridized carbons (Fsp3) is 0.250. The van der Waals surface area contributed by atoms with E-state index in [1.54, 1.807) is 6.20 Å². The van der Waals surface area contributed by atoms with Crippen LogP contribution < -0.4 is 4.90 Å². The van der Waals surface area contributed by atoms with Crippen LogP contribution in [0.15, 0.2) is 36.5 Å². The number of nitrogens with zero attached hydrogens (tertiary/aromatic N) is 2. The van der Waals surface area contributed by atoms with Crippen LogP contribution in [0.1, 0.15) is 27.9 Å². The van der Waals surface area contributed by atoms with Crippen molar-refractivity contribution in [1.29, 1.82) is 0 Å². The molecule has 2 aromatic rings. The number of hydrogen-bond acceptors (Lipinski definition) is 3. The summed E-state index contributed by atoms with van der Waals surface area (Å²) >= 11 is 0. The molecule has 0 aliphatic carbocycles. The molecule has 3 heteroatoms. The van der Waals surface area contributed by atoms with Crippen molar-refractivity contribution in [1.82, 2.24) is 4.98 Å². The SMILES string of the molecule is Cc1cc(C=O)cnc1N1CCCc2ccccc21. The van der Waals surface area contributed by atoms with Crippen LogP contribution in [0.2, 0.25) is 0 Å². The van der Waals surface area contributed by atoms with Gasteiger partial charge in [-0.1, -0.05) is 18.2 Å². The minimum absolute atomic E-state index is 0.631. The van der Waals surface area contributed by atoms with Crippen LogP contribution in [-0.2, 0) is 6.42 Å². The molecule has 0 atom stereocenters. The summed E-state index contributed by atoms with van der Waals surface area (Å²) in [4.78, 5) is 17.5. The second kappa shape index (κ2) is 4.84. The van der Waals surface area contributed by atoms with E-state index in [-0.39, 0.29) is 0 Å². The van der Waals surface area contributed by atoms with Gasteiger partial charge in [-0.25, -0.2) is 4.98 Å². The van der Waals surface area contributed by atoms with E-state index in [1.807, 2.05) is 13.0 Å². The number of carbonyl (C=O) groups excluding carboxylic acids is 1. The van der Waals surface area contributed by atoms with E-state index in [9.17, 15) is 4.79 Å². The fourth-order valence-corrected chi connectivity index (χ4v) is 2.69. The molecule has 1 aliphatic heterocycles. The molecule has 0 bridgehead atoms. The Morgan fingerprint density at radius 2 is 2.16 bits per heavy atom. The number of aryl methyl sites for hydroxylation is 2. The summed E-state index contributed by atoms with van der Waals surface area (Å²) in [5.41, 5.74) is 4.28. The topological polar surface area (TPSA) is 33.2 Å². The molecule has 0 radical (unpaired) electrons. The van der Waals surface area contributed by atoms with Gasteiger partial charge in [0.25, 0.3) is 0 Å². The molecule has 2 heterocycles. The average molecular weight is 252 g/mol. The standard InChI is InChI=1S/C16H16N2O/c1-12-9-13(11-19)10-17-16(12)18-8-4-6-14-5-2-3-7-15(14)18/h2-3,5,7,9-11H,4,6,8H2,1H3. The quantitative estimate of drug-likeness (QED) is 0.769. The van der Waals surface area contributed by atoms with E-state index in [0.29, 0.717) is 5.56 Å². The summed E-state index contributed by atoms with van der Waals surface area (Å²) in [6, 6.07) is 10.4. The van der Waals surface area contributed by atoms with Crippen LogP contribution in [0.25, 0.3) is 0 Å². The van der Waals surface area contributed by atoms with Crippen molar-refractivity contribution >= 4 is 17.8 Å². The van der Waals surface area contributed by atoms with Gasteiger partial charge in [-0.05, 0) is 43.0 Å². The Morgan fingerprint density at radius 1 is 1.32 bits per heavy atom. The Balaban J connectivity index is 2.06. The first kappa shape index (κ1) is 11.9. The van der Waals surface area contributed by atoms with Crippen LogP contribution in [0, 0.1) is 6.92 Å². The number of hydrogen-bond donors (Lipinski definition) is 0. The number of benzene rings is 1. The lowest BCUT2D eigenvalue weighted by Gasteiger charge is -2.31. The van der Waals surface area contributed by atoms with Gasteiger partial charge in [-0.15, -0.1) is 0 Å². The predicted octanol–water partition coefficient (Wildman–Crippen LogP) is 3.29. The zero-order chi connectivity index (χ0) is 13.2. The van der Waals surface area contributed by atoms with E-state index in [0.717, 1.165) is 37.1 Å². The second-order valence-corrected chi connectivity index (χ2v) is 4.91. The Hall–Kier alpha value is -2.16. The summed E-state index contributed by atoms with van der Waals surface area (Å²) in [6.07, 6.45) is 4.74. The molecule has 0 unspecified atom stereocenters.